The van der Waals surface area contributed by atoms with E-state index in [-0.39, 0.29) is 17.9 Å². The van der Waals surface area contributed by atoms with E-state index in [0.29, 0.717) is 12.2 Å². The Balaban J connectivity index is 2.31. The van der Waals surface area contributed by atoms with Gasteiger partial charge < -0.3 is 10.1 Å². The van der Waals surface area contributed by atoms with Gasteiger partial charge in [-0.1, -0.05) is 58.4 Å². The molecule has 2 atom stereocenters. The molecule has 0 radical (unpaired) electrons. The Hall–Kier alpha value is -1.49. The van der Waals surface area contributed by atoms with E-state index in [1.54, 1.807) is 0 Å². The molecule has 0 saturated carbocycles. The van der Waals surface area contributed by atoms with Crippen molar-refractivity contribution in [3.05, 3.63) is 70.2 Å². The predicted octanol–water partition coefficient (Wildman–Crippen LogP) is 2.97. The van der Waals surface area contributed by atoms with Gasteiger partial charge in [-0.15, -0.1) is 0 Å². The van der Waals surface area contributed by atoms with Gasteiger partial charge in [-0.25, -0.2) is 0 Å². The number of rotatable bonds is 7. The molecule has 2 aromatic rings. The van der Waals surface area contributed by atoms with E-state index in [1.165, 1.54) is 0 Å². The largest absolute Gasteiger partial charge is 0.367 e. The van der Waals surface area contributed by atoms with Crippen molar-refractivity contribution in [1.29, 1.82) is 0 Å². The smallest absolute Gasteiger partial charge is 0.222 e. The van der Waals surface area contributed by atoms with Gasteiger partial charge in [-0.05, 0) is 24.6 Å². The highest BCUT2D eigenvalue weighted by molar-refractivity contribution is 9.10. The van der Waals surface area contributed by atoms with Crippen molar-refractivity contribution in [3.63, 3.8) is 0 Å². The minimum absolute atomic E-state index is 0.0875. The number of carbonyl (C=O) groups excluding carboxylic acids is 1. The van der Waals surface area contributed by atoms with Crippen LogP contribution in [0.25, 0.3) is 0 Å². The Morgan fingerprint density at radius 1 is 1.14 bits per heavy atom. The van der Waals surface area contributed by atoms with Crippen LogP contribution in [0.5, 0.6) is 0 Å². The number of halogens is 1. The minimum Gasteiger partial charge on any atom is -0.367 e. The molecule has 0 amide bonds. The lowest BCUT2D eigenvalue weighted by Gasteiger charge is -2.23. The van der Waals surface area contributed by atoms with Crippen molar-refractivity contribution in [3.8, 4) is 0 Å². The summed E-state index contributed by atoms with van der Waals surface area (Å²) in [5.74, 6) is 0.0875. The number of likely N-dealkylation sites (N-methyl/N-ethyl adjacent to an activating group) is 1. The first kappa shape index (κ1) is 16.9. The summed E-state index contributed by atoms with van der Waals surface area (Å²) in [7, 11) is 1.91. The number of quaternary nitrogens is 1. The van der Waals surface area contributed by atoms with Gasteiger partial charge >= 0.3 is 0 Å². The standard InChI is InChI=1S/C18H20BrNO2/c1-3-22-18(14-9-11-15(19)12-10-14)16(20-2)17(21)13-7-5-4-6-8-13/h4-12,16,18,20H,3H2,1-2H3/p+1/t16-,18+/m0/s1. The Kier molecular flexibility index (Phi) is 6.31. The highest BCUT2D eigenvalue weighted by Gasteiger charge is 2.33. The lowest BCUT2D eigenvalue weighted by atomic mass is 9.95. The van der Waals surface area contributed by atoms with Crippen LogP contribution in [-0.2, 0) is 4.74 Å². The Labute approximate surface area is 139 Å². The summed E-state index contributed by atoms with van der Waals surface area (Å²) in [4.78, 5) is 12.8. The van der Waals surface area contributed by atoms with Crippen molar-refractivity contribution < 1.29 is 14.8 Å². The summed E-state index contributed by atoms with van der Waals surface area (Å²) < 4.78 is 6.91. The number of ether oxygens (including phenoxy) is 1. The SMILES string of the molecule is CCO[C@H](c1ccc(Br)cc1)[C@@H]([NH2+]C)C(=O)c1ccccc1. The van der Waals surface area contributed by atoms with Gasteiger partial charge in [0.2, 0.25) is 5.78 Å². The maximum Gasteiger partial charge on any atom is 0.222 e. The summed E-state index contributed by atoms with van der Waals surface area (Å²) >= 11 is 3.44. The van der Waals surface area contributed by atoms with E-state index in [1.807, 2.05) is 73.9 Å². The number of carbonyl (C=O) groups is 1. The van der Waals surface area contributed by atoms with E-state index in [2.05, 4.69) is 15.9 Å². The molecule has 2 aromatic carbocycles. The monoisotopic (exact) mass is 362 g/mol. The fourth-order valence-electron chi connectivity index (χ4n) is 2.50. The fourth-order valence-corrected chi connectivity index (χ4v) is 2.76. The average Bonchev–Trinajstić information content (AvgIpc) is 2.56. The second-order valence-corrected chi connectivity index (χ2v) is 5.93. The van der Waals surface area contributed by atoms with Crippen LogP contribution in [0.1, 0.15) is 28.9 Å². The number of hydrogen-bond donors (Lipinski definition) is 1. The first-order valence-corrected chi connectivity index (χ1v) is 8.22. The van der Waals surface area contributed by atoms with E-state index in [4.69, 9.17) is 4.74 Å². The van der Waals surface area contributed by atoms with Crippen molar-refractivity contribution >= 4 is 21.7 Å². The first-order valence-electron chi connectivity index (χ1n) is 7.43. The van der Waals surface area contributed by atoms with Crippen LogP contribution in [0.3, 0.4) is 0 Å². The number of hydrogen-bond acceptors (Lipinski definition) is 2. The molecule has 0 bridgehead atoms. The lowest BCUT2D eigenvalue weighted by Crippen LogP contribution is -2.89. The van der Waals surface area contributed by atoms with Gasteiger partial charge in [-0.2, -0.15) is 0 Å². The Bertz CT molecular complexity index is 598. The molecule has 0 unspecified atom stereocenters. The number of benzene rings is 2. The van der Waals surface area contributed by atoms with Gasteiger partial charge in [0.1, 0.15) is 6.10 Å². The van der Waals surface area contributed by atoms with E-state index in [0.717, 1.165) is 10.0 Å². The van der Waals surface area contributed by atoms with E-state index in [9.17, 15) is 4.79 Å². The molecule has 22 heavy (non-hydrogen) atoms. The molecule has 0 aliphatic carbocycles. The van der Waals surface area contributed by atoms with Gasteiger partial charge in [-0.3, -0.25) is 4.79 Å². The highest BCUT2D eigenvalue weighted by atomic mass is 79.9. The first-order chi connectivity index (χ1) is 10.7. The fraction of sp³-hybridized carbons (Fsp3) is 0.278. The minimum atomic E-state index is -0.302. The van der Waals surface area contributed by atoms with E-state index < -0.39 is 0 Å². The van der Waals surface area contributed by atoms with Crippen LogP contribution in [0.2, 0.25) is 0 Å². The van der Waals surface area contributed by atoms with Crippen LogP contribution in [0.15, 0.2) is 59.1 Å². The van der Waals surface area contributed by atoms with Gasteiger partial charge in [0.15, 0.2) is 6.04 Å². The van der Waals surface area contributed by atoms with Crippen LogP contribution in [0.4, 0.5) is 0 Å². The van der Waals surface area contributed by atoms with Gasteiger partial charge in [0, 0.05) is 16.6 Å². The lowest BCUT2D eigenvalue weighted by molar-refractivity contribution is -0.658. The third-order valence-corrected chi connectivity index (χ3v) is 4.12. The molecule has 0 aliphatic heterocycles. The summed E-state index contributed by atoms with van der Waals surface area (Å²) in [5.41, 5.74) is 1.73. The van der Waals surface area contributed by atoms with Crippen LogP contribution in [-0.4, -0.2) is 25.5 Å². The molecule has 2 rings (SSSR count). The van der Waals surface area contributed by atoms with Crippen molar-refractivity contribution in [2.24, 2.45) is 0 Å². The summed E-state index contributed by atoms with van der Waals surface area (Å²) in [6, 6.07) is 17.0. The maximum absolute atomic E-state index is 12.8. The molecular formula is C18H21BrNO2+. The van der Waals surface area contributed by atoms with Gasteiger partial charge in [0.05, 0.1) is 7.05 Å². The summed E-state index contributed by atoms with van der Waals surface area (Å²) in [6.45, 7) is 2.51. The molecule has 0 aliphatic rings. The van der Waals surface area contributed by atoms with Crippen LogP contribution < -0.4 is 5.32 Å². The second kappa shape index (κ2) is 8.22. The molecule has 0 heterocycles. The third-order valence-electron chi connectivity index (χ3n) is 3.59. The molecule has 116 valence electrons. The summed E-state index contributed by atoms with van der Waals surface area (Å²) in [5, 5.41) is 1.93. The molecule has 3 nitrogen and oxygen atoms in total. The molecule has 0 fully saturated rings. The highest BCUT2D eigenvalue weighted by Crippen LogP contribution is 2.24. The normalized spacial score (nSPS) is 13.6. The zero-order valence-corrected chi connectivity index (χ0v) is 14.4. The zero-order chi connectivity index (χ0) is 15.9. The van der Waals surface area contributed by atoms with Crippen molar-refractivity contribution in [2.45, 2.75) is 19.1 Å². The molecule has 0 aromatic heterocycles. The van der Waals surface area contributed by atoms with Crippen LogP contribution in [0, 0.1) is 0 Å². The summed E-state index contributed by atoms with van der Waals surface area (Å²) in [6.07, 6.45) is -0.268. The van der Waals surface area contributed by atoms with Crippen molar-refractivity contribution in [1.82, 2.24) is 0 Å². The van der Waals surface area contributed by atoms with Gasteiger partial charge in [0.25, 0.3) is 0 Å². The number of ketones is 1. The van der Waals surface area contributed by atoms with Crippen molar-refractivity contribution in [2.75, 3.05) is 13.7 Å². The van der Waals surface area contributed by atoms with E-state index >= 15 is 0 Å². The Morgan fingerprint density at radius 2 is 1.77 bits per heavy atom. The topological polar surface area (TPSA) is 42.9 Å². The Morgan fingerprint density at radius 3 is 2.32 bits per heavy atom. The predicted molar refractivity (Wildman–Crippen MR) is 90.9 cm³/mol. The quantitative estimate of drug-likeness (QED) is 0.769. The molecule has 4 heteroatoms. The molecule has 2 N–H and O–H groups in total. The average molecular weight is 363 g/mol. The molecular weight excluding hydrogens is 342 g/mol. The molecule has 0 saturated heterocycles. The zero-order valence-electron chi connectivity index (χ0n) is 12.8. The molecule has 0 spiro atoms. The van der Waals surface area contributed by atoms with Crippen LogP contribution >= 0.6 is 15.9 Å². The number of Topliss-reactive ketones (excluding diaryl/α,β-unsaturated/α-hetero) is 1. The third kappa shape index (κ3) is 4.03. The second-order valence-electron chi connectivity index (χ2n) is 5.02. The number of nitrogens with two attached hydrogens (primary N) is 1. The maximum atomic E-state index is 12.8.